The zero-order valence-electron chi connectivity index (χ0n) is 17.4. The maximum Gasteiger partial charge on any atom is 0.350 e. The van der Waals surface area contributed by atoms with Crippen LogP contribution in [-0.2, 0) is 6.42 Å². The number of piperazine rings is 1. The number of aryl methyl sites for hydroxylation is 1. The van der Waals surface area contributed by atoms with E-state index in [1.54, 1.807) is 0 Å². The van der Waals surface area contributed by atoms with Gasteiger partial charge in [0, 0.05) is 38.3 Å². The van der Waals surface area contributed by atoms with Crippen molar-refractivity contribution in [3.63, 3.8) is 0 Å². The number of aromatic amines is 1. The number of aromatic nitrogens is 4. The molecule has 4 rings (SSSR count). The molecule has 0 bridgehead atoms. The second-order valence-corrected chi connectivity index (χ2v) is 8.59. The normalized spacial score (nSPS) is 15.5. The fourth-order valence-electron chi connectivity index (χ4n) is 3.74. The predicted octanol–water partition coefficient (Wildman–Crippen LogP) is 1.91. The average molecular weight is 423 g/mol. The number of hydrogen-bond acceptors (Lipinski definition) is 6. The number of benzene rings is 1. The number of hydrogen-bond donors (Lipinski definition) is 1. The summed E-state index contributed by atoms with van der Waals surface area (Å²) < 4.78 is 1.33. The van der Waals surface area contributed by atoms with Crippen LogP contribution < -0.4 is 5.69 Å². The Morgan fingerprint density at radius 2 is 1.93 bits per heavy atom. The summed E-state index contributed by atoms with van der Waals surface area (Å²) in [6.07, 6.45) is 6.36. The molecule has 3 heterocycles. The average Bonchev–Trinajstić information content (AvgIpc) is 3.09. The second kappa shape index (κ2) is 9.04. The lowest BCUT2D eigenvalue weighted by Crippen LogP contribution is -2.45. The first-order valence-corrected chi connectivity index (χ1v) is 11.1. The van der Waals surface area contributed by atoms with Crippen molar-refractivity contribution in [3.05, 3.63) is 46.0 Å². The summed E-state index contributed by atoms with van der Waals surface area (Å²) in [5, 5.41) is 4.90. The number of H-pyrrole nitrogens is 1. The maximum atomic E-state index is 12.4. The van der Waals surface area contributed by atoms with E-state index in [4.69, 9.17) is 6.42 Å². The van der Waals surface area contributed by atoms with Gasteiger partial charge < -0.3 is 9.80 Å². The predicted molar refractivity (Wildman–Crippen MR) is 121 cm³/mol. The fourth-order valence-corrected chi connectivity index (χ4v) is 4.27. The van der Waals surface area contributed by atoms with Gasteiger partial charge in [-0.05, 0) is 31.5 Å². The van der Waals surface area contributed by atoms with Crippen molar-refractivity contribution in [3.8, 4) is 23.5 Å². The largest absolute Gasteiger partial charge is 0.350 e. The fraction of sp³-hybridized carbons (Fsp3) is 0.409. The Morgan fingerprint density at radius 3 is 2.63 bits per heavy atom. The van der Waals surface area contributed by atoms with Crippen molar-refractivity contribution in [2.24, 2.45) is 0 Å². The standard InChI is InChI=1S/C22H26N6OS/c1-4-15-30-21-23-20-19(16(2)25-28(20)22(29)24-21)18-7-5-17(6-8-18)9-10-27-13-11-26(3)12-14-27/h1,5-8H,9-15H2,2-3H3,(H,23,24,29). The topological polar surface area (TPSA) is 69.5 Å². The molecule has 0 unspecified atom stereocenters. The maximum absolute atomic E-state index is 12.4. The SMILES string of the molecule is C#CCSc1nc2c(-c3ccc(CCN4CCN(C)CC4)cc3)c(C)nn2c(=O)[nH]1. The molecule has 30 heavy (non-hydrogen) atoms. The summed E-state index contributed by atoms with van der Waals surface area (Å²) >= 11 is 1.33. The number of likely N-dealkylation sites (N-methyl/N-ethyl adjacent to an activating group) is 1. The highest BCUT2D eigenvalue weighted by molar-refractivity contribution is 7.99. The van der Waals surface area contributed by atoms with Gasteiger partial charge in [-0.25, -0.2) is 9.78 Å². The number of thioether (sulfide) groups is 1. The smallest absolute Gasteiger partial charge is 0.304 e. The van der Waals surface area contributed by atoms with Gasteiger partial charge in [0.15, 0.2) is 10.8 Å². The summed E-state index contributed by atoms with van der Waals surface area (Å²) in [4.78, 5) is 24.6. The van der Waals surface area contributed by atoms with Gasteiger partial charge in [-0.15, -0.1) is 6.42 Å². The zero-order chi connectivity index (χ0) is 21.1. The van der Waals surface area contributed by atoms with E-state index in [2.05, 4.69) is 62.1 Å². The first kappa shape index (κ1) is 20.7. The molecule has 0 saturated carbocycles. The molecule has 1 saturated heterocycles. The van der Waals surface area contributed by atoms with Crippen LogP contribution in [0.25, 0.3) is 16.8 Å². The van der Waals surface area contributed by atoms with Crippen molar-refractivity contribution >= 4 is 17.4 Å². The number of fused-ring (bicyclic) bond motifs is 1. The van der Waals surface area contributed by atoms with Crippen LogP contribution in [0.5, 0.6) is 0 Å². The summed E-state index contributed by atoms with van der Waals surface area (Å²) in [7, 11) is 2.18. The van der Waals surface area contributed by atoms with Gasteiger partial charge in [-0.2, -0.15) is 9.61 Å². The van der Waals surface area contributed by atoms with Crippen molar-refractivity contribution < 1.29 is 0 Å². The van der Waals surface area contributed by atoms with Gasteiger partial charge in [0.25, 0.3) is 0 Å². The molecular formula is C22H26N6OS. The van der Waals surface area contributed by atoms with Crippen molar-refractivity contribution in [2.45, 2.75) is 18.5 Å². The molecule has 0 amide bonds. The van der Waals surface area contributed by atoms with Crippen LogP contribution in [0.2, 0.25) is 0 Å². The first-order valence-electron chi connectivity index (χ1n) is 10.1. The van der Waals surface area contributed by atoms with E-state index in [-0.39, 0.29) is 5.69 Å². The Morgan fingerprint density at radius 1 is 1.20 bits per heavy atom. The third-order valence-corrected chi connectivity index (χ3v) is 6.27. The molecule has 2 aromatic heterocycles. The zero-order valence-corrected chi connectivity index (χ0v) is 18.2. The molecule has 8 heteroatoms. The molecule has 1 N–H and O–H groups in total. The van der Waals surface area contributed by atoms with Crippen molar-refractivity contribution in [2.75, 3.05) is 45.5 Å². The summed E-state index contributed by atoms with van der Waals surface area (Å²) in [6.45, 7) is 7.53. The van der Waals surface area contributed by atoms with E-state index < -0.39 is 0 Å². The van der Waals surface area contributed by atoms with Crippen molar-refractivity contribution in [1.82, 2.24) is 29.4 Å². The van der Waals surface area contributed by atoms with Gasteiger partial charge in [0.2, 0.25) is 0 Å². The summed E-state index contributed by atoms with van der Waals surface area (Å²) in [6, 6.07) is 8.52. The van der Waals surface area contributed by atoms with E-state index in [1.165, 1.54) is 21.8 Å². The Hall–Kier alpha value is -2.60. The lowest BCUT2D eigenvalue weighted by molar-refractivity contribution is 0.155. The Balaban J connectivity index is 1.55. The lowest BCUT2D eigenvalue weighted by atomic mass is 10.0. The van der Waals surface area contributed by atoms with Crippen LogP contribution in [0.4, 0.5) is 0 Å². The van der Waals surface area contributed by atoms with Crippen LogP contribution >= 0.6 is 11.8 Å². The molecule has 1 fully saturated rings. The number of nitrogens with one attached hydrogen (secondary N) is 1. The van der Waals surface area contributed by atoms with Gasteiger partial charge in [0.05, 0.1) is 11.4 Å². The van der Waals surface area contributed by atoms with E-state index >= 15 is 0 Å². The monoisotopic (exact) mass is 422 g/mol. The summed E-state index contributed by atoms with van der Waals surface area (Å²) in [5.74, 6) is 3.00. The van der Waals surface area contributed by atoms with Gasteiger partial charge >= 0.3 is 5.69 Å². The third-order valence-electron chi connectivity index (χ3n) is 5.50. The van der Waals surface area contributed by atoms with E-state index in [0.29, 0.717) is 16.6 Å². The Bertz CT molecular complexity index is 1120. The van der Waals surface area contributed by atoms with Gasteiger partial charge in [-0.1, -0.05) is 41.9 Å². The molecule has 3 aromatic rings. The van der Waals surface area contributed by atoms with Crippen molar-refractivity contribution in [1.29, 1.82) is 0 Å². The molecular weight excluding hydrogens is 396 g/mol. The minimum Gasteiger partial charge on any atom is -0.304 e. The molecule has 156 valence electrons. The lowest BCUT2D eigenvalue weighted by Gasteiger charge is -2.32. The highest BCUT2D eigenvalue weighted by Crippen LogP contribution is 2.27. The Labute approximate surface area is 180 Å². The molecule has 1 aliphatic heterocycles. The quantitative estimate of drug-likeness (QED) is 0.483. The highest BCUT2D eigenvalue weighted by Gasteiger charge is 2.17. The van der Waals surface area contributed by atoms with Crippen LogP contribution in [-0.4, -0.2) is 74.9 Å². The van der Waals surface area contributed by atoms with Crippen LogP contribution in [0.3, 0.4) is 0 Å². The molecule has 0 radical (unpaired) electrons. The minimum absolute atomic E-state index is 0.308. The molecule has 1 aliphatic rings. The van der Waals surface area contributed by atoms with E-state index in [0.717, 1.165) is 56.0 Å². The minimum atomic E-state index is -0.308. The molecule has 0 aliphatic carbocycles. The second-order valence-electron chi connectivity index (χ2n) is 7.63. The van der Waals surface area contributed by atoms with E-state index in [9.17, 15) is 4.79 Å². The third kappa shape index (κ3) is 4.43. The number of rotatable bonds is 6. The summed E-state index contributed by atoms with van der Waals surface area (Å²) in [5.41, 5.74) is 4.23. The molecule has 0 atom stereocenters. The number of terminal acetylenes is 1. The van der Waals surface area contributed by atoms with Crippen LogP contribution in [0.15, 0.2) is 34.2 Å². The van der Waals surface area contributed by atoms with Gasteiger partial charge in [0.1, 0.15) is 0 Å². The highest BCUT2D eigenvalue weighted by atomic mass is 32.2. The molecule has 7 nitrogen and oxygen atoms in total. The van der Waals surface area contributed by atoms with Crippen LogP contribution in [0, 0.1) is 19.3 Å². The first-order chi connectivity index (χ1) is 14.5. The van der Waals surface area contributed by atoms with Crippen LogP contribution in [0.1, 0.15) is 11.3 Å². The molecule has 1 aromatic carbocycles. The Kier molecular flexibility index (Phi) is 6.23. The number of nitrogens with zero attached hydrogens (tertiary/aromatic N) is 5. The van der Waals surface area contributed by atoms with E-state index in [1.807, 2.05) is 6.92 Å². The molecule has 0 spiro atoms. The van der Waals surface area contributed by atoms with Gasteiger partial charge in [-0.3, -0.25) is 4.98 Å².